The summed E-state index contributed by atoms with van der Waals surface area (Å²) in [7, 11) is 0. The minimum Gasteiger partial charge on any atom is -0.313 e. The molecule has 1 aromatic heterocycles. The molecule has 0 atom stereocenters. The highest BCUT2D eigenvalue weighted by Crippen LogP contribution is 2.16. The second kappa shape index (κ2) is 7.70. The van der Waals surface area contributed by atoms with Crippen LogP contribution in [-0.2, 0) is 0 Å². The van der Waals surface area contributed by atoms with Crippen LogP contribution in [0, 0.1) is 11.8 Å². The van der Waals surface area contributed by atoms with Crippen molar-refractivity contribution in [2.75, 3.05) is 13.1 Å². The zero-order valence-electron chi connectivity index (χ0n) is 11.7. The fraction of sp³-hybridized carbons (Fsp3) is 0.533. The van der Waals surface area contributed by atoms with Crippen LogP contribution in [0.25, 0.3) is 6.08 Å². The summed E-state index contributed by atoms with van der Waals surface area (Å²) >= 11 is 3.45. The normalized spacial score (nSPS) is 12.5. The fourth-order valence-corrected chi connectivity index (χ4v) is 2.03. The molecule has 3 heteroatoms. The first-order chi connectivity index (χ1) is 8.49. The molecule has 0 aromatic carbocycles. The summed E-state index contributed by atoms with van der Waals surface area (Å²) in [5, 5.41) is 3.50. The van der Waals surface area contributed by atoms with E-state index in [1.165, 1.54) is 5.57 Å². The minimum atomic E-state index is 0.545. The van der Waals surface area contributed by atoms with Gasteiger partial charge < -0.3 is 5.32 Å². The Morgan fingerprint density at radius 3 is 2.61 bits per heavy atom. The van der Waals surface area contributed by atoms with Gasteiger partial charge >= 0.3 is 0 Å². The fourth-order valence-electron chi connectivity index (χ4n) is 1.65. The van der Waals surface area contributed by atoms with Gasteiger partial charge in [-0.15, -0.1) is 0 Å². The number of rotatable bonds is 6. The maximum Gasteiger partial charge on any atom is 0.0410 e. The van der Waals surface area contributed by atoms with Crippen molar-refractivity contribution in [1.29, 1.82) is 0 Å². The zero-order valence-corrected chi connectivity index (χ0v) is 13.3. The predicted octanol–water partition coefficient (Wildman–Crippen LogP) is 4.13. The zero-order chi connectivity index (χ0) is 13.5. The molecule has 1 aromatic rings. The highest BCUT2D eigenvalue weighted by atomic mass is 79.9. The van der Waals surface area contributed by atoms with Crippen LogP contribution in [0.3, 0.4) is 0 Å². The lowest BCUT2D eigenvalue weighted by Crippen LogP contribution is -2.23. The van der Waals surface area contributed by atoms with E-state index in [0.717, 1.165) is 23.1 Å². The maximum absolute atomic E-state index is 4.19. The van der Waals surface area contributed by atoms with Crippen LogP contribution in [0.15, 0.2) is 28.5 Å². The van der Waals surface area contributed by atoms with Gasteiger partial charge in [-0.1, -0.05) is 39.3 Å². The molecular weight excluding hydrogens is 288 g/mol. The Bertz CT molecular complexity index is 397. The van der Waals surface area contributed by atoms with Gasteiger partial charge in [0, 0.05) is 23.4 Å². The average molecular weight is 311 g/mol. The highest BCUT2D eigenvalue weighted by molar-refractivity contribution is 9.10. The molecule has 1 heterocycles. The third kappa shape index (κ3) is 5.78. The summed E-state index contributed by atoms with van der Waals surface area (Å²) in [4.78, 5) is 4.19. The van der Waals surface area contributed by atoms with Gasteiger partial charge in [-0.25, -0.2) is 0 Å². The number of aromatic nitrogens is 1. The molecule has 0 aliphatic rings. The first-order valence-electron chi connectivity index (χ1n) is 6.50. The Labute approximate surface area is 119 Å². The van der Waals surface area contributed by atoms with Crippen molar-refractivity contribution in [1.82, 2.24) is 10.3 Å². The van der Waals surface area contributed by atoms with Gasteiger partial charge in [0.25, 0.3) is 0 Å². The molecule has 0 saturated carbocycles. The summed E-state index contributed by atoms with van der Waals surface area (Å²) in [6.45, 7) is 10.9. The molecule has 18 heavy (non-hydrogen) atoms. The van der Waals surface area contributed by atoms with Gasteiger partial charge in [0.2, 0.25) is 0 Å². The molecule has 0 bridgehead atoms. The average Bonchev–Trinajstić information content (AvgIpc) is 2.27. The second-order valence-electron chi connectivity index (χ2n) is 5.34. The van der Waals surface area contributed by atoms with Crippen molar-refractivity contribution in [3.63, 3.8) is 0 Å². The van der Waals surface area contributed by atoms with Gasteiger partial charge in [0.1, 0.15) is 0 Å². The molecule has 0 amide bonds. The SMILES string of the molecule is CC(C)CNC/C(=C/c1cncc(Br)c1)C(C)C. The Hall–Kier alpha value is -0.670. The van der Waals surface area contributed by atoms with E-state index in [1.807, 2.05) is 12.4 Å². The van der Waals surface area contributed by atoms with E-state index < -0.39 is 0 Å². The lowest BCUT2D eigenvalue weighted by Gasteiger charge is -2.14. The van der Waals surface area contributed by atoms with Crippen LogP contribution in [0.2, 0.25) is 0 Å². The Morgan fingerprint density at radius 1 is 1.33 bits per heavy atom. The third-order valence-electron chi connectivity index (χ3n) is 2.70. The molecule has 1 N–H and O–H groups in total. The van der Waals surface area contributed by atoms with E-state index in [4.69, 9.17) is 0 Å². The Kier molecular flexibility index (Phi) is 6.58. The van der Waals surface area contributed by atoms with Crippen molar-refractivity contribution in [3.05, 3.63) is 34.1 Å². The first kappa shape index (κ1) is 15.4. The molecule has 2 nitrogen and oxygen atoms in total. The van der Waals surface area contributed by atoms with Crippen LogP contribution in [0.1, 0.15) is 33.3 Å². The molecule has 0 unspecified atom stereocenters. The topological polar surface area (TPSA) is 24.9 Å². The van der Waals surface area contributed by atoms with E-state index in [0.29, 0.717) is 11.8 Å². The van der Waals surface area contributed by atoms with E-state index >= 15 is 0 Å². The first-order valence-corrected chi connectivity index (χ1v) is 7.30. The number of hydrogen-bond donors (Lipinski definition) is 1. The smallest absolute Gasteiger partial charge is 0.0410 e. The van der Waals surface area contributed by atoms with Crippen molar-refractivity contribution in [3.8, 4) is 0 Å². The Balaban J connectivity index is 2.72. The lowest BCUT2D eigenvalue weighted by atomic mass is 10.0. The van der Waals surface area contributed by atoms with Crippen LogP contribution in [-0.4, -0.2) is 18.1 Å². The number of halogens is 1. The summed E-state index contributed by atoms with van der Waals surface area (Å²) < 4.78 is 1.02. The van der Waals surface area contributed by atoms with Crippen molar-refractivity contribution in [2.24, 2.45) is 11.8 Å². The van der Waals surface area contributed by atoms with Crippen LogP contribution < -0.4 is 5.32 Å². The summed E-state index contributed by atoms with van der Waals surface area (Å²) in [6.07, 6.45) is 5.94. The predicted molar refractivity (Wildman–Crippen MR) is 82.5 cm³/mol. The van der Waals surface area contributed by atoms with Crippen LogP contribution in [0.4, 0.5) is 0 Å². The number of nitrogens with zero attached hydrogens (tertiary/aromatic N) is 1. The molecular formula is C15H23BrN2. The van der Waals surface area contributed by atoms with Crippen molar-refractivity contribution in [2.45, 2.75) is 27.7 Å². The number of hydrogen-bond acceptors (Lipinski definition) is 2. The molecule has 100 valence electrons. The van der Waals surface area contributed by atoms with Gasteiger partial charge in [-0.3, -0.25) is 4.98 Å². The van der Waals surface area contributed by atoms with Gasteiger partial charge in [-0.2, -0.15) is 0 Å². The van der Waals surface area contributed by atoms with Crippen molar-refractivity contribution < 1.29 is 0 Å². The van der Waals surface area contributed by atoms with Crippen LogP contribution in [0.5, 0.6) is 0 Å². The van der Waals surface area contributed by atoms with Crippen LogP contribution >= 0.6 is 15.9 Å². The van der Waals surface area contributed by atoms with Gasteiger partial charge in [0.15, 0.2) is 0 Å². The molecule has 0 fully saturated rings. The molecule has 0 saturated heterocycles. The second-order valence-corrected chi connectivity index (χ2v) is 6.25. The van der Waals surface area contributed by atoms with Gasteiger partial charge in [-0.05, 0) is 45.9 Å². The summed E-state index contributed by atoms with van der Waals surface area (Å²) in [5.74, 6) is 1.23. The number of nitrogens with one attached hydrogen (secondary N) is 1. The molecule has 0 aliphatic heterocycles. The quantitative estimate of drug-likeness (QED) is 0.854. The Morgan fingerprint density at radius 2 is 2.06 bits per heavy atom. The number of pyridine rings is 1. The lowest BCUT2D eigenvalue weighted by molar-refractivity contribution is 0.558. The molecule has 0 radical (unpaired) electrons. The maximum atomic E-state index is 4.19. The van der Waals surface area contributed by atoms with E-state index in [9.17, 15) is 0 Å². The molecule has 1 rings (SSSR count). The van der Waals surface area contributed by atoms with Crippen molar-refractivity contribution >= 4 is 22.0 Å². The van der Waals surface area contributed by atoms with Gasteiger partial charge in [0.05, 0.1) is 0 Å². The van der Waals surface area contributed by atoms with E-state index in [2.05, 4.69) is 66.1 Å². The van der Waals surface area contributed by atoms with E-state index in [1.54, 1.807) is 0 Å². The molecule has 0 aliphatic carbocycles. The van der Waals surface area contributed by atoms with E-state index in [-0.39, 0.29) is 0 Å². The highest BCUT2D eigenvalue weighted by Gasteiger charge is 2.04. The third-order valence-corrected chi connectivity index (χ3v) is 3.14. The minimum absolute atomic E-state index is 0.545. The largest absolute Gasteiger partial charge is 0.313 e. The monoisotopic (exact) mass is 310 g/mol. The summed E-state index contributed by atoms with van der Waals surface area (Å²) in [5.41, 5.74) is 2.56. The standard InChI is InChI=1S/C15H23BrN2/c1-11(2)7-17-9-14(12(3)4)5-13-6-15(16)10-18-8-13/h5-6,8,10-12,17H,7,9H2,1-4H3/b14-5-. The molecule has 0 spiro atoms. The summed E-state index contributed by atoms with van der Waals surface area (Å²) in [6, 6.07) is 2.10.